The molecule has 21 heavy (non-hydrogen) atoms. The lowest BCUT2D eigenvalue weighted by Crippen LogP contribution is -2.23. The maximum atomic E-state index is 10.5. The van der Waals surface area contributed by atoms with Gasteiger partial charge in [0.05, 0.1) is 12.0 Å². The van der Waals surface area contributed by atoms with Crippen molar-refractivity contribution in [3.05, 3.63) is 34.4 Å². The third kappa shape index (κ3) is 4.21. The molecule has 0 aliphatic rings. The standard InChI is InChI=1S/C18H29ClO2/c1-10(2)13-7-14(11(3)4)17(15(8-13)12(5)6)18(21)16(20)9-19/h7-8,10-12,16,18,20-21H,9H2,1-6H3. The molecule has 0 aliphatic carbocycles. The second-order valence-electron chi connectivity index (χ2n) is 6.74. The molecule has 0 heterocycles. The van der Waals surface area contributed by atoms with Gasteiger partial charge in [0, 0.05) is 0 Å². The summed E-state index contributed by atoms with van der Waals surface area (Å²) in [5, 5.41) is 20.5. The zero-order valence-corrected chi connectivity index (χ0v) is 14.8. The Morgan fingerprint density at radius 2 is 1.29 bits per heavy atom. The average molecular weight is 313 g/mol. The van der Waals surface area contributed by atoms with Gasteiger partial charge in [-0.05, 0) is 40.0 Å². The molecule has 1 aromatic rings. The number of benzene rings is 1. The SMILES string of the molecule is CC(C)c1cc(C(C)C)c(C(O)C(O)CCl)c(C(C)C)c1. The maximum Gasteiger partial charge on any atom is 0.107 e. The van der Waals surface area contributed by atoms with Crippen LogP contribution in [-0.4, -0.2) is 22.2 Å². The van der Waals surface area contributed by atoms with E-state index in [1.807, 2.05) is 0 Å². The van der Waals surface area contributed by atoms with Crippen molar-refractivity contribution in [3.8, 4) is 0 Å². The number of rotatable bonds is 6. The molecule has 3 heteroatoms. The van der Waals surface area contributed by atoms with Crippen molar-refractivity contribution in [1.29, 1.82) is 0 Å². The Bertz CT molecular complexity index is 437. The third-order valence-electron chi connectivity index (χ3n) is 4.00. The van der Waals surface area contributed by atoms with Gasteiger partial charge in [0.25, 0.3) is 0 Å². The number of aliphatic hydroxyl groups is 2. The average Bonchev–Trinajstić information content (AvgIpc) is 2.43. The molecule has 1 rings (SSSR count). The summed E-state index contributed by atoms with van der Waals surface area (Å²) in [4.78, 5) is 0. The Kier molecular flexibility index (Phi) is 6.71. The lowest BCUT2D eigenvalue weighted by molar-refractivity contribution is 0.0313. The highest BCUT2D eigenvalue weighted by Gasteiger charge is 2.26. The van der Waals surface area contributed by atoms with E-state index in [1.165, 1.54) is 5.56 Å². The van der Waals surface area contributed by atoms with Gasteiger partial charge in [-0.3, -0.25) is 0 Å². The van der Waals surface area contributed by atoms with Crippen LogP contribution < -0.4 is 0 Å². The van der Waals surface area contributed by atoms with Crippen LogP contribution in [0, 0.1) is 0 Å². The van der Waals surface area contributed by atoms with Crippen LogP contribution in [0.3, 0.4) is 0 Å². The van der Waals surface area contributed by atoms with Crippen molar-refractivity contribution < 1.29 is 10.2 Å². The van der Waals surface area contributed by atoms with Crippen LogP contribution in [0.4, 0.5) is 0 Å². The van der Waals surface area contributed by atoms with Crippen molar-refractivity contribution in [2.24, 2.45) is 0 Å². The Balaban J connectivity index is 3.57. The molecule has 0 bridgehead atoms. The smallest absolute Gasteiger partial charge is 0.107 e. The monoisotopic (exact) mass is 312 g/mol. The number of halogens is 1. The van der Waals surface area contributed by atoms with Crippen LogP contribution in [0.1, 0.15) is 87.7 Å². The minimum atomic E-state index is -0.938. The van der Waals surface area contributed by atoms with E-state index in [0.29, 0.717) is 5.92 Å². The molecule has 2 N–H and O–H groups in total. The second-order valence-corrected chi connectivity index (χ2v) is 7.05. The largest absolute Gasteiger partial charge is 0.389 e. The number of alkyl halides is 1. The predicted molar refractivity (Wildman–Crippen MR) is 90.4 cm³/mol. The van der Waals surface area contributed by atoms with Gasteiger partial charge in [-0.15, -0.1) is 11.6 Å². The fraction of sp³-hybridized carbons (Fsp3) is 0.667. The Morgan fingerprint density at radius 1 is 0.857 bits per heavy atom. The lowest BCUT2D eigenvalue weighted by atomic mass is 9.81. The summed E-state index contributed by atoms with van der Waals surface area (Å²) in [6.07, 6.45) is -1.87. The quantitative estimate of drug-likeness (QED) is 0.748. The summed E-state index contributed by atoms with van der Waals surface area (Å²) in [7, 11) is 0. The van der Waals surface area contributed by atoms with Crippen molar-refractivity contribution in [1.82, 2.24) is 0 Å². The Morgan fingerprint density at radius 3 is 1.57 bits per heavy atom. The van der Waals surface area contributed by atoms with Gasteiger partial charge in [0.15, 0.2) is 0 Å². The lowest BCUT2D eigenvalue weighted by Gasteiger charge is -2.27. The van der Waals surface area contributed by atoms with E-state index in [4.69, 9.17) is 11.6 Å². The van der Waals surface area contributed by atoms with Crippen molar-refractivity contribution in [3.63, 3.8) is 0 Å². The number of hydrogen-bond donors (Lipinski definition) is 2. The summed E-state index contributed by atoms with van der Waals surface area (Å²) < 4.78 is 0. The molecule has 0 saturated heterocycles. The highest BCUT2D eigenvalue weighted by Crippen LogP contribution is 2.36. The summed E-state index contributed by atoms with van der Waals surface area (Å²) >= 11 is 5.73. The van der Waals surface area contributed by atoms with E-state index in [2.05, 4.69) is 53.7 Å². The first-order valence-electron chi connectivity index (χ1n) is 7.80. The zero-order valence-electron chi connectivity index (χ0n) is 14.0. The number of aliphatic hydroxyl groups excluding tert-OH is 2. The molecule has 0 spiro atoms. The van der Waals surface area contributed by atoms with Gasteiger partial charge < -0.3 is 10.2 Å². The Labute approximate surface area is 134 Å². The first-order valence-corrected chi connectivity index (χ1v) is 8.33. The van der Waals surface area contributed by atoms with Gasteiger partial charge in [-0.1, -0.05) is 53.7 Å². The maximum absolute atomic E-state index is 10.5. The molecule has 0 aromatic heterocycles. The summed E-state index contributed by atoms with van der Waals surface area (Å²) in [5.74, 6) is 1.04. The van der Waals surface area contributed by atoms with Crippen molar-refractivity contribution in [2.45, 2.75) is 71.5 Å². The summed E-state index contributed by atoms with van der Waals surface area (Å²) in [5.41, 5.74) is 4.36. The molecule has 120 valence electrons. The first kappa shape index (κ1) is 18.5. The van der Waals surface area contributed by atoms with Gasteiger partial charge in [-0.2, -0.15) is 0 Å². The van der Waals surface area contributed by atoms with E-state index in [-0.39, 0.29) is 17.7 Å². The molecule has 0 aliphatic heterocycles. The molecular weight excluding hydrogens is 284 g/mol. The summed E-state index contributed by atoms with van der Waals surface area (Å²) in [6.45, 7) is 12.8. The number of hydrogen-bond acceptors (Lipinski definition) is 2. The van der Waals surface area contributed by atoms with Crippen LogP contribution in [0.25, 0.3) is 0 Å². The highest BCUT2D eigenvalue weighted by molar-refractivity contribution is 6.18. The van der Waals surface area contributed by atoms with E-state index < -0.39 is 12.2 Å². The zero-order chi connectivity index (χ0) is 16.3. The third-order valence-corrected chi connectivity index (χ3v) is 4.31. The fourth-order valence-corrected chi connectivity index (χ4v) is 2.80. The fourth-order valence-electron chi connectivity index (χ4n) is 2.63. The van der Waals surface area contributed by atoms with Gasteiger partial charge in [0.2, 0.25) is 0 Å². The minimum absolute atomic E-state index is 0.0299. The van der Waals surface area contributed by atoms with Crippen LogP contribution in [-0.2, 0) is 0 Å². The first-order chi connectivity index (χ1) is 9.70. The van der Waals surface area contributed by atoms with Crippen LogP contribution in [0.15, 0.2) is 12.1 Å². The van der Waals surface area contributed by atoms with Gasteiger partial charge in [-0.25, -0.2) is 0 Å². The van der Waals surface area contributed by atoms with Crippen molar-refractivity contribution in [2.75, 3.05) is 5.88 Å². The Hall–Kier alpha value is -0.570. The topological polar surface area (TPSA) is 40.5 Å². The van der Waals surface area contributed by atoms with E-state index >= 15 is 0 Å². The summed E-state index contributed by atoms with van der Waals surface area (Å²) in [6, 6.07) is 4.33. The van der Waals surface area contributed by atoms with Crippen molar-refractivity contribution >= 4 is 11.6 Å². The van der Waals surface area contributed by atoms with Crippen LogP contribution in [0.2, 0.25) is 0 Å². The second kappa shape index (κ2) is 7.62. The van der Waals surface area contributed by atoms with E-state index in [1.54, 1.807) is 0 Å². The van der Waals surface area contributed by atoms with Crippen LogP contribution in [0.5, 0.6) is 0 Å². The predicted octanol–water partition coefficient (Wildman–Crippen LogP) is 4.69. The van der Waals surface area contributed by atoms with Gasteiger partial charge >= 0.3 is 0 Å². The molecule has 0 saturated carbocycles. The van der Waals surface area contributed by atoms with E-state index in [0.717, 1.165) is 16.7 Å². The minimum Gasteiger partial charge on any atom is -0.389 e. The highest BCUT2D eigenvalue weighted by atomic mass is 35.5. The molecular formula is C18H29ClO2. The molecule has 0 amide bonds. The molecule has 1 aromatic carbocycles. The molecule has 2 unspecified atom stereocenters. The molecule has 0 radical (unpaired) electrons. The van der Waals surface area contributed by atoms with E-state index in [9.17, 15) is 10.2 Å². The molecule has 2 atom stereocenters. The molecule has 0 fully saturated rings. The van der Waals surface area contributed by atoms with Gasteiger partial charge in [0.1, 0.15) is 6.10 Å². The normalized spacial score (nSPS) is 15.0. The molecule has 2 nitrogen and oxygen atoms in total. The van der Waals surface area contributed by atoms with Crippen LogP contribution >= 0.6 is 11.6 Å².